The van der Waals surface area contributed by atoms with Crippen LogP contribution < -0.4 is 0 Å². The Morgan fingerprint density at radius 3 is 1.82 bits per heavy atom. The van der Waals surface area contributed by atoms with Gasteiger partial charge in [-0.25, -0.2) is 0 Å². The number of piperazine rings is 1. The lowest BCUT2D eigenvalue weighted by molar-refractivity contribution is -0.139. The zero-order valence-corrected chi connectivity index (χ0v) is 16.8. The lowest BCUT2D eigenvalue weighted by Gasteiger charge is -2.35. The topological polar surface area (TPSA) is 40.6 Å². The number of hydrogen-bond donors (Lipinski definition) is 0. The summed E-state index contributed by atoms with van der Waals surface area (Å²) in [6.45, 7) is 2.65. The second-order valence-electron chi connectivity index (χ2n) is 7.49. The number of carbonyl (C=O) groups is 2. The molecule has 1 heterocycles. The van der Waals surface area contributed by atoms with Crippen molar-refractivity contribution in [2.24, 2.45) is 5.92 Å². The lowest BCUT2D eigenvalue weighted by atomic mass is 10.0. The number of benzene rings is 2. The molecule has 146 valence electrons. The molecule has 4 nitrogen and oxygen atoms in total. The van der Waals surface area contributed by atoms with Crippen molar-refractivity contribution in [2.45, 2.75) is 18.1 Å². The summed E-state index contributed by atoms with van der Waals surface area (Å²) in [6, 6.07) is 20.7. The Kier molecular flexibility index (Phi) is 6.01. The molecule has 2 fully saturated rings. The van der Waals surface area contributed by atoms with E-state index in [1.165, 1.54) is 11.1 Å². The predicted molar refractivity (Wildman–Crippen MR) is 113 cm³/mol. The van der Waals surface area contributed by atoms with Gasteiger partial charge in [0.25, 0.3) is 0 Å². The van der Waals surface area contributed by atoms with Crippen LogP contribution in [0.2, 0.25) is 0 Å². The van der Waals surface area contributed by atoms with E-state index in [2.05, 4.69) is 24.3 Å². The minimum absolute atomic E-state index is 0.143. The van der Waals surface area contributed by atoms with Gasteiger partial charge in [0.05, 0.1) is 11.0 Å². The Hall–Kier alpha value is -2.27. The van der Waals surface area contributed by atoms with Gasteiger partial charge in [0.1, 0.15) is 0 Å². The third kappa shape index (κ3) is 4.58. The van der Waals surface area contributed by atoms with E-state index in [1.807, 2.05) is 46.2 Å². The molecule has 0 spiro atoms. The first-order valence-electron chi connectivity index (χ1n) is 10.0. The van der Waals surface area contributed by atoms with Crippen molar-refractivity contribution in [1.82, 2.24) is 9.80 Å². The molecule has 4 rings (SSSR count). The van der Waals surface area contributed by atoms with Crippen LogP contribution >= 0.6 is 11.8 Å². The molecule has 1 saturated carbocycles. The third-order valence-corrected chi connectivity index (χ3v) is 6.74. The van der Waals surface area contributed by atoms with Crippen LogP contribution in [0, 0.1) is 5.92 Å². The van der Waals surface area contributed by atoms with E-state index in [0.29, 0.717) is 31.9 Å². The number of carbonyl (C=O) groups excluding carboxylic acids is 2. The van der Waals surface area contributed by atoms with Gasteiger partial charge in [-0.3, -0.25) is 9.59 Å². The Bertz CT molecular complexity index is 760. The van der Waals surface area contributed by atoms with Crippen LogP contribution in [-0.2, 0) is 9.59 Å². The van der Waals surface area contributed by atoms with E-state index in [1.54, 1.807) is 11.8 Å². The molecule has 1 aliphatic heterocycles. The molecule has 2 aromatic carbocycles. The Balaban J connectivity index is 1.35. The normalized spacial score (nSPS) is 17.0. The van der Waals surface area contributed by atoms with Gasteiger partial charge in [-0.15, -0.1) is 11.8 Å². The molecule has 2 amide bonds. The van der Waals surface area contributed by atoms with E-state index in [0.717, 1.165) is 12.8 Å². The SMILES string of the molecule is O=C(CSC(c1ccccc1)c1ccccc1)N1CCN(C(=O)C2CC2)CC1. The van der Waals surface area contributed by atoms with Crippen molar-refractivity contribution >= 4 is 23.6 Å². The van der Waals surface area contributed by atoms with Crippen LogP contribution in [0.3, 0.4) is 0 Å². The Morgan fingerprint density at radius 1 is 0.821 bits per heavy atom. The third-order valence-electron chi connectivity index (χ3n) is 5.45. The van der Waals surface area contributed by atoms with Crippen molar-refractivity contribution in [2.75, 3.05) is 31.9 Å². The average Bonchev–Trinajstić information content (AvgIpc) is 3.60. The molecule has 0 unspecified atom stereocenters. The summed E-state index contributed by atoms with van der Waals surface area (Å²) < 4.78 is 0. The first-order chi connectivity index (χ1) is 13.7. The summed E-state index contributed by atoms with van der Waals surface area (Å²) in [5, 5.41) is 0.143. The van der Waals surface area contributed by atoms with Gasteiger partial charge in [0.15, 0.2) is 0 Å². The van der Waals surface area contributed by atoms with Gasteiger partial charge in [0, 0.05) is 32.1 Å². The van der Waals surface area contributed by atoms with E-state index in [9.17, 15) is 9.59 Å². The van der Waals surface area contributed by atoms with Gasteiger partial charge in [-0.2, -0.15) is 0 Å². The summed E-state index contributed by atoms with van der Waals surface area (Å²) in [6.07, 6.45) is 2.07. The highest BCUT2D eigenvalue weighted by Gasteiger charge is 2.35. The van der Waals surface area contributed by atoms with Crippen LogP contribution in [-0.4, -0.2) is 53.5 Å². The summed E-state index contributed by atoms with van der Waals surface area (Å²) in [5.41, 5.74) is 2.43. The van der Waals surface area contributed by atoms with Crippen molar-refractivity contribution < 1.29 is 9.59 Å². The first kappa shape index (κ1) is 19.1. The summed E-state index contributed by atoms with van der Waals surface area (Å²) in [7, 11) is 0. The Morgan fingerprint density at radius 2 is 1.32 bits per heavy atom. The minimum Gasteiger partial charge on any atom is -0.339 e. The van der Waals surface area contributed by atoms with Crippen molar-refractivity contribution in [3.05, 3.63) is 71.8 Å². The summed E-state index contributed by atoms with van der Waals surface area (Å²) in [4.78, 5) is 28.8. The molecule has 28 heavy (non-hydrogen) atoms. The molecule has 5 heteroatoms. The van der Waals surface area contributed by atoms with Crippen LogP contribution in [0.4, 0.5) is 0 Å². The fourth-order valence-electron chi connectivity index (χ4n) is 3.65. The molecule has 0 N–H and O–H groups in total. The predicted octanol–water partition coefficient (Wildman–Crippen LogP) is 3.59. The highest BCUT2D eigenvalue weighted by atomic mass is 32.2. The molecule has 2 aromatic rings. The number of thioether (sulfide) groups is 1. The number of rotatable bonds is 6. The maximum absolute atomic E-state index is 12.8. The average molecular weight is 395 g/mol. The fourth-order valence-corrected chi connectivity index (χ4v) is 4.84. The zero-order chi connectivity index (χ0) is 19.3. The number of amides is 2. The summed E-state index contributed by atoms with van der Waals surface area (Å²) >= 11 is 1.68. The van der Waals surface area contributed by atoms with Crippen LogP contribution in [0.15, 0.2) is 60.7 Å². The number of hydrogen-bond acceptors (Lipinski definition) is 3. The highest BCUT2D eigenvalue weighted by Crippen LogP contribution is 2.35. The van der Waals surface area contributed by atoms with Crippen molar-refractivity contribution in [1.29, 1.82) is 0 Å². The van der Waals surface area contributed by atoms with Gasteiger partial charge in [-0.1, -0.05) is 60.7 Å². The zero-order valence-electron chi connectivity index (χ0n) is 16.0. The van der Waals surface area contributed by atoms with Gasteiger partial charge < -0.3 is 9.80 Å². The van der Waals surface area contributed by atoms with Crippen LogP contribution in [0.5, 0.6) is 0 Å². The van der Waals surface area contributed by atoms with E-state index >= 15 is 0 Å². The highest BCUT2D eigenvalue weighted by molar-refractivity contribution is 8.00. The molecule has 1 saturated heterocycles. The van der Waals surface area contributed by atoms with Gasteiger partial charge in [-0.05, 0) is 24.0 Å². The van der Waals surface area contributed by atoms with E-state index in [4.69, 9.17) is 0 Å². The monoisotopic (exact) mass is 394 g/mol. The summed E-state index contributed by atoms with van der Waals surface area (Å²) in [5.74, 6) is 1.16. The molecular formula is C23H26N2O2S. The molecule has 0 radical (unpaired) electrons. The quantitative estimate of drug-likeness (QED) is 0.752. The minimum atomic E-state index is 0.143. The van der Waals surface area contributed by atoms with Crippen LogP contribution in [0.1, 0.15) is 29.2 Å². The molecule has 2 aliphatic rings. The van der Waals surface area contributed by atoms with Gasteiger partial charge >= 0.3 is 0 Å². The molecule has 0 bridgehead atoms. The fraction of sp³-hybridized carbons (Fsp3) is 0.391. The second kappa shape index (κ2) is 8.82. The van der Waals surface area contributed by atoms with Crippen LogP contribution in [0.25, 0.3) is 0 Å². The van der Waals surface area contributed by atoms with Crippen molar-refractivity contribution in [3.63, 3.8) is 0 Å². The maximum Gasteiger partial charge on any atom is 0.232 e. The smallest absolute Gasteiger partial charge is 0.232 e. The second-order valence-corrected chi connectivity index (χ2v) is 8.59. The van der Waals surface area contributed by atoms with E-state index < -0.39 is 0 Å². The standard InChI is InChI=1S/C23H26N2O2S/c26-21(24-13-15-25(16-14-24)23(27)20-11-12-20)17-28-22(18-7-3-1-4-8-18)19-9-5-2-6-10-19/h1-10,20,22H,11-17H2. The lowest BCUT2D eigenvalue weighted by Crippen LogP contribution is -2.51. The first-order valence-corrected chi connectivity index (χ1v) is 11.1. The molecule has 0 aromatic heterocycles. The largest absolute Gasteiger partial charge is 0.339 e. The number of nitrogens with zero attached hydrogens (tertiary/aromatic N) is 2. The molecular weight excluding hydrogens is 368 g/mol. The maximum atomic E-state index is 12.8. The van der Waals surface area contributed by atoms with Crippen molar-refractivity contribution in [3.8, 4) is 0 Å². The van der Waals surface area contributed by atoms with Gasteiger partial charge in [0.2, 0.25) is 11.8 Å². The molecule has 0 atom stereocenters. The van der Waals surface area contributed by atoms with E-state index in [-0.39, 0.29) is 23.0 Å². The molecule has 1 aliphatic carbocycles. The Labute approximate surface area is 170 Å².